The predicted octanol–water partition coefficient (Wildman–Crippen LogP) is 0.853. The molecule has 0 aromatic rings. The zero-order valence-corrected chi connectivity index (χ0v) is 7.34. The quantitative estimate of drug-likeness (QED) is 0.678. The van der Waals surface area contributed by atoms with Crippen LogP contribution in [-0.4, -0.2) is 27.6 Å². The SMILES string of the molecule is CCC(C(=O)O)[C@@H](O)CBr. The maximum atomic E-state index is 10.4. The molecule has 0 fully saturated rings. The smallest absolute Gasteiger partial charge is 0.309 e. The van der Waals surface area contributed by atoms with Gasteiger partial charge >= 0.3 is 5.97 Å². The van der Waals surface area contributed by atoms with Gasteiger partial charge in [-0.1, -0.05) is 22.9 Å². The highest BCUT2D eigenvalue weighted by Gasteiger charge is 2.22. The van der Waals surface area contributed by atoms with E-state index in [0.29, 0.717) is 11.8 Å². The summed E-state index contributed by atoms with van der Waals surface area (Å²) in [6.07, 6.45) is -0.315. The Hall–Kier alpha value is -0.0900. The molecule has 0 radical (unpaired) electrons. The van der Waals surface area contributed by atoms with Crippen LogP contribution in [-0.2, 0) is 4.79 Å². The summed E-state index contributed by atoms with van der Waals surface area (Å²) < 4.78 is 0. The Balaban J connectivity index is 3.92. The van der Waals surface area contributed by atoms with Crippen LogP contribution in [0.25, 0.3) is 0 Å². The summed E-state index contributed by atoms with van der Waals surface area (Å²) in [5, 5.41) is 17.9. The molecule has 0 heterocycles. The molecule has 0 rings (SSSR count). The van der Waals surface area contributed by atoms with Crippen LogP contribution in [0.4, 0.5) is 0 Å². The van der Waals surface area contributed by atoms with E-state index < -0.39 is 18.0 Å². The van der Waals surface area contributed by atoms with Gasteiger partial charge < -0.3 is 10.2 Å². The number of hydrogen-bond donors (Lipinski definition) is 2. The van der Waals surface area contributed by atoms with Crippen LogP contribution in [0.1, 0.15) is 13.3 Å². The topological polar surface area (TPSA) is 57.5 Å². The molecule has 0 saturated heterocycles. The van der Waals surface area contributed by atoms with Crippen LogP contribution in [0.3, 0.4) is 0 Å². The number of aliphatic carboxylic acids is 1. The van der Waals surface area contributed by atoms with Gasteiger partial charge in [0.2, 0.25) is 0 Å². The molecule has 0 aliphatic rings. The van der Waals surface area contributed by atoms with Gasteiger partial charge in [0.05, 0.1) is 12.0 Å². The van der Waals surface area contributed by atoms with E-state index in [1.165, 1.54) is 0 Å². The summed E-state index contributed by atoms with van der Waals surface area (Å²) in [6.45, 7) is 1.74. The second-order valence-corrected chi connectivity index (χ2v) is 2.72. The third-order valence-corrected chi connectivity index (χ3v) is 2.04. The van der Waals surface area contributed by atoms with Crippen molar-refractivity contribution in [2.24, 2.45) is 5.92 Å². The molecule has 0 aliphatic carbocycles. The maximum absolute atomic E-state index is 10.4. The van der Waals surface area contributed by atoms with Crippen molar-refractivity contribution < 1.29 is 15.0 Å². The summed E-state index contributed by atoms with van der Waals surface area (Å²) in [6, 6.07) is 0. The van der Waals surface area contributed by atoms with Crippen LogP contribution in [0.5, 0.6) is 0 Å². The van der Waals surface area contributed by atoms with Crippen molar-refractivity contribution in [3.63, 3.8) is 0 Å². The number of aliphatic hydroxyl groups excluding tert-OH is 1. The standard InChI is InChI=1S/C6H11BrO3/c1-2-4(6(9)10)5(8)3-7/h4-5,8H,2-3H2,1H3,(H,9,10)/t4?,5-/m0/s1. The third-order valence-electron chi connectivity index (χ3n) is 1.38. The third kappa shape index (κ3) is 2.66. The van der Waals surface area contributed by atoms with Crippen molar-refractivity contribution in [3.05, 3.63) is 0 Å². The van der Waals surface area contributed by atoms with Crippen molar-refractivity contribution in [1.29, 1.82) is 0 Å². The molecule has 4 heteroatoms. The highest BCUT2D eigenvalue weighted by atomic mass is 79.9. The molecule has 0 aromatic heterocycles. The molecule has 0 bridgehead atoms. The van der Waals surface area contributed by atoms with E-state index in [1.54, 1.807) is 6.92 Å². The van der Waals surface area contributed by atoms with Crippen LogP contribution in [0.2, 0.25) is 0 Å². The number of carbonyl (C=O) groups is 1. The minimum atomic E-state index is -0.936. The van der Waals surface area contributed by atoms with Gasteiger partial charge in [0.1, 0.15) is 0 Å². The molecule has 0 spiro atoms. The zero-order chi connectivity index (χ0) is 8.15. The molecule has 0 aliphatic heterocycles. The molecule has 3 nitrogen and oxygen atoms in total. The van der Waals surface area contributed by atoms with Crippen LogP contribution < -0.4 is 0 Å². The lowest BCUT2D eigenvalue weighted by molar-refractivity contribution is -0.145. The fraction of sp³-hybridized carbons (Fsp3) is 0.833. The first-order valence-corrected chi connectivity index (χ1v) is 4.22. The van der Waals surface area contributed by atoms with Gasteiger partial charge in [0, 0.05) is 5.33 Å². The van der Waals surface area contributed by atoms with Gasteiger partial charge in [-0.05, 0) is 6.42 Å². The summed E-state index contributed by atoms with van der Waals surface area (Å²) in [7, 11) is 0. The second-order valence-electron chi connectivity index (χ2n) is 2.07. The Morgan fingerprint density at radius 2 is 2.20 bits per heavy atom. The fourth-order valence-corrected chi connectivity index (χ4v) is 1.17. The molecule has 60 valence electrons. The van der Waals surface area contributed by atoms with E-state index in [2.05, 4.69) is 15.9 Å². The van der Waals surface area contributed by atoms with E-state index in [0.717, 1.165) is 0 Å². The Morgan fingerprint density at radius 1 is 1.70 bits per heavy atom. The normalized spacial score (nSPS) is 16.3. The average molecular weight is 211 g/mol. The van der Waals surface area contributed by atoms with Crippen molar-refractivity contribution in [2.75, 3.05) is 5.33 Å². The number of hydrogen-bond acceptors (Lipinski definition) is 2. The fourth-order valence-electron chi connectivity index (χ4n) is 0.719. The Morgan fingerprint density at radius 3 is 2.30 bits per heavy atom. The number of carboxylic acid groups (broad SMARTS) is 1. The van der Waals surface area contributed by atoms with Crippen molar-refractivity contribution >= 4 is 21.9 Å². The number of carboxylic acids is 1. The summed E-state index contributed by atoms with van der Waals surface area (Å²) in [4.78, 5) is 10.4. The molecule has 0 amide bonds. The van der Waals surface area contributed by atoms with E-state index >= 15 is 0 Å². The number of rotatable bonds is 4. The molecule has 1 unspecified atom stereocenters. The predicted molar refractivity (Wildman–Crippen MR) is 41.2 cm³/mol. The average Bonchev–Trinajstić information content (AvgIpc) is 1.88. The first-order chi connectivity index (χ1) is 4.63. The van der Waals surface area contributed by atoms with Crippen molar-refractivity contribution in [1.82, 2.24) is 0 Å². The van der Waals surface area contributed by atoms with E-state index in [-0.39, 0.29) is 0 Å². The first kappa shape index (κ1) is 9.91. The highest BCUT2D eigenvalue weighted by molar-refractivity contribution is 9.09. The molecule has 0 aromatic carbocycles. The van der Waals surface area contributed by atoms with Gasteiger partial charge in [-0.15, -0.1) is 0 Å². The Kier molecular flexibility index (Phi) is 4.64. The molecule has 2 atom stereocenters. The molecular weight excluding hydrogens is 200 g/mol. The number of alkyl halides is 1. The van der Waals surface area contributed by atoms with E-state index in [1.807, 2.05) is 0 Å². The Bertz CT molecular complexity index is 116. The lowest BCUT2D eigenvalue weighted by Gasteiger charge is -2.13. The van der Waals surface area contributed by atoms with Gasteiger partial charge in [-0.25, -0.2) is 0 Å². The molecule has 0 saturated carbocycles. The molecular formula is C6H11BrO3. The van der Waals surface area contributed by atoms with Gasteiger partial charge in [-0.2, -0.15) is 0 Å². The number of aliphatic hydroxyl groups is 1. The summed E-state index contributed by atoms with van der Waals surface area (Å²) in [5.74, 6) is -1.58. The monoisotopic (exact) mass is 210 g/mol. The van der Waals surface area contributed by atoms with Crippen molar-refractivity contribution in [3.8, 4) is 0 Å². The van der Waals surface area contributed by atoms with Gasteiger partial charge in [0.15, 0.2) is 0 Å². The van der Waals surface area contributed by atoms with Crippen LogP contribution in [0, 0.1) is 5.92 Å². The number of halogens is 1. The van der Waals surface area contributed by atoms with Crippen molar-refractivity contribution in [2.45, 2.75) is 19.4 Å². The largest absolute Gasteiger partial charge is 0.481 e. The summed E-state index contributed by atoms with van der Waals surface area (Å²) >= 11 is 3.01. The minimum Gasteiger partial charge on any atom is -0.481 e. The molecule has 2 N–H and O–H groups in total. The lowest BCUT2D eigenvalue weighted by Crippen LogP contribution is -2.28. The maximum Gasteiger partial charge on any atom is 0.309 e. The van der Waals surface area contributed by atoms with Gasteiger partial charge in [0.25, 0.3) is 0 Å². The minimum absolute atomic E-state index is 0.317. The highest BCUT2D eigenvalue weighted by Crippen LogP contribution is 2.10. The van der Waals surface area contributed by atoms with E-state index in [9.17, 15) is 4.79 Å². The van der Waals surface area contributed by atoms with Crippen LogP contribution in [0.15, 0.2) is 0 Å². The molecule has 10 heavy (non-hydrogen) atoms. The summed E-state index contributed by atoms with van der Waals surface area (Å²) in [5.41, 5.74) is 0. The van der Waals surface area contributed by atoms with E-state index in [4.69, 9.17) is 10.2 Å². The Labute approximate surface area is 68.2 Å². The second kappa shape index (κ2) is 4.68. The van der Waals surface area contributed by atoms with Gasteiger partial charge in [-0.3, -0.25) is 4.79 Å². The lowest BCUT2D eigenvalue weighted by atomic mass is 10.0. The van der Waals surface area contributed by atoms with Crippen LogP contribution >= 0.6 is 15.9 Å². The zero-order valence-electron chi connectivity index (χ0n) is 5.75. The first-order valence-electron chi connectivity index (χ1n) is 3.10.